The number of nitrogens with zero attached hydrogens (tertiary/aromatic N) is 3. The number of fused-ring (bicyclic) bond motifs is 1. The van der Waals surface area contributed by atoms with E-state index in [0.29, 0.717) is 46.7 Å². The van der Waals surface area contributed by atoms with Crippen molar-refractivity contribution in [3.05, 3.63) is 79.9 Å². The second kappa shape index (κ2) is 9.43. The Hall–Kier alpha value is -3.23. The highest BCUT2D eigenvalue weighted by atomic mass is 35.5. The maximum Gasteiger partial charge on any atom is 0.333 e. The van der Waals surface area contributed by atoms with Crippen LogP contribution < -0.4 is 15.7 Å². The summed E-state index contributed by atoms with van der Waals surface area (Å²) in [6.45, 7) is 1.27. The molecule has 35 heavy (non-hydrogen) atoms. The van der Waals surface area contributed by atoms with E-state index in [-0.39, 0.29) is 41.3 Å². The van der Waals surface area contributed by atoms with Crippen LogP contribution in [0.4, 0.5) is 0 Å². The summed E-state index contributed by atoms with van der Waals surface area (Å²) >= 11 is 12.1. The average Bonchev–Trinajstić information content (AvgIpc) is 3.66. The van der Waals surface area contributed by atoms with Crippen molar-refractivity contribution >= 4 is 35.0 Å². The second-order valence-corrected chi connectivity index (χ2v) is 9.59. The molecule has 2 aliphatic rings. The maximum absolute atomic E-state index is 13.5. The number of hydrogen-bond donors (Lipinski definition) is 1. The van der Waals surface area contributed by atoms with Crippen LogP contribution in [0.3, 0.4) is 0 Å². The second-order valence-electron chi connectivity index (χ2n) is 8.77. The molecule has 182 valence electrons. The molecular formula is C25H24Cl2N4O4. The number of imidazole rings is 1. The monoisotopic (exact) mass is 514 g/mol. The van der Waals surface area contributed by atoms with Crippen LogP contribution in [0.2, 0.25) is 10.0 Å². The number of carbonyl (C=O) groups excluding carboxylic acids is 2. The Labute approximate surface area is 212 Å². The highest BCUT2D eigenvalue weighted by Gasteiger charge is 2.33. The third-order valence-corrected chi connectivity index (χ3v) is 7.17. The molecule has 0 atom stereocenters. The molecule has 2 aromatic carbocycles. The van der Waals surface area contributed by atoms with Crippen molar-refractivity contribution in [2.24, 2.45) is 5.92 Å². The van der Waals surface area contributed by atoms with Gasteiger partial charge >= 0.3 is 5.69 Å². The maximum atomic E-state index is 13.5. The number of ether oxygens (including phenoxy) is 1. The third kappa shape index (κ3) is 4.56. The number of carbonyl (C=O) groups is 2. The molecule has 1 aliphatic heterocycles. The number of halogens is 2. The van der Waals surface area contributed by atoms with Gasteiger partial charge in [-0.2, -0.15) is 0 Å². The van der Waals surface area contributed by atoms with E-state index in [1.165, 1.54) is 10.6 Å². The minimum Gasteiger partial charge on any atom is -0.497 e. The fraction of sp³-hybridized carbons (Fsp3) is 0.320. The molecule has 8 nitrogen and oxygen atoms in total. The van der Waals surface area contributed by atoms with Gasteiger partial charge in [-0.1, -0.05) is 23.2 Å². The summed E-state index contributed by atoms with van der Waals surface area (Å²) in [5.41, 5.74) is 1.37. The van der Waals surface area contributed by atoms with Gasteiger partial charge in [0.2, 0.25) is 0 Å². The molecule has 0 radical (unpaired) electrons. The van der Waals surface area contributed by atoms with Crippen LogP contribution >= 0.6 is 23.2 Å². The van der Waals surface area contributed by atoms with E-state index in [1.54, 1.807) is 53.0 Å². The average molecular weight is 515 g/mol. The fourth-order valence-electron chi connectivity index (χ4n) is 4.29. The Bertz CT molecular complexity index is 1360. The summed E-state index contributed by atoms with van der Waals surface area (Å²) < 4.78 is 8.23. The molecule has 0 spiro atoms. The first kappa shape index (κ1) is 23.5. The van der Waals surface area contributed by atoms with Crippen molar-refractivity contribution in [2.75, 3.05) is 20.2 Å². The topological polar surface area (TPSA) is 85.6 Å². The lowest BCUT2D eigenvalue weighted by atomic mass is 10.1. The van der Waals surface area contributed by atoms with Gasteiger partial charge in [0.15, 0.2) is 0 Å². The molecule has 1 fully saturated rings. The summed E-state index contributed by atoms with van der Waals surface area (Å²) in [5.74, 6) is 0.543. The van der Waals surface area contributed by atoms with E-state index in [9.17, 15) is 14.4 Å². The quantitative estimate of drug-likeness (QED) is 0.542. The van der Waals surface area contributed by atoms with Gasteiger partial charge in [-0.15, -0.1) is 0 Å². The van der Waals surface area contributed by atoms with Gasteiger partial charge in [0.25, 0.3) is 11.8 Å². The van der Waals surface area contributed by atoms with Crippen molar-refractivity contribution in [3.63, 3.8) is 0 Å². The van der Waals surface area contributed by atoms with Gasteiger partial charge in [-0.3, -0.25) is 18.7 Å². The van der Waals surface area contributed by atoms with Gasteiger partial charge in [0.1, 0.15) is 11.4 Å². The first-order valence-electron chi connectivity index (χ1n) is 11.4. The summed E-state index contributed by atoms with van der Waals surface area (Å²) in [6, 6.07) is 11.7. The van der Waals surface area contributed by atoms with E-state index < -0.39 is 0 Å². The zero-order valence-electron chi connectivity index (χ0n) is 19.1. The fourth-order valence-corrected chi connectivity index (χ4v) is 4.59. The Morgan fingerprint density at radius 1 is 1.06 bits per heavy atom. The molecule has 1 aromatic heterocycles. The van der Waals surface area contributed by atoms with Crippen molar-refractivity contribution in [3.8, 4) is 11.4 Å². The molecule has 3 aromatic rings. The van der Waals surface area contributed by atoms with Crippen LogP contribution in [-0.2, 0) is 13.1 Å². The van der Waals surface area contributed by atoms with Crippen LogP contribution in [-0.4, -0.2) is 46.0 Å². The zero-order chi connectivity index (χ0) is 24.7. The molecule has 2 amide bonds. The molecule has 0 saturated heterocycles. The molecule has 1 N–H and O–H groups in total. The summed E-state index contributed by atoms with van der Waals surface area (Å²) in [6.07, 6.45) is 2.18. The van der Waals surface area contributed by atoms with Crippen LogP contribution in [0, 0.1) is 5.92 Å². The van der Waals surface area contributed by atoms with Crippen LogP contribution in [0.15, 0.2) is 47.3 Å². The lowest BCUT2D eigenvalue weighted by Crippen LogP contribution is -2.41. The Kier molecular flexibility index (Phi) is 6.34. The first-order chi connectivity index (χ1) is 16.9. The predicted molar refractivity (Wildman–Crippen MR) is 133 cm³/mol. The predicted octanol–water partition coefficient (Wildman–Crippen LogP) is 3.75. The van der Waals surface area contributed by atoms with E-state index in [1.807, 2.05) is 0 Å². The van der Waals surface area contributed by atoms with Gasteiger partial charge in [0, 0.05) is 25.2 Å². The normalized spacial score (nSPS) is 15.0. The number of aromatic nitrogens is 2. The van der Waals surface area contributed by atoms with Gasteiger partial charge < -0.3 is 15.0 Å². The first-order valence-corrected chi connectivity index (χ1v) is 12.1. The lowest BCUT2D eigenvalue weighted by molar-refractivity contribution is 0.0706. The number of benzene rings is 2. The van der Waals surface area contributed by atoms with Gasteiger partial charge in [0.05, 0.1) is 35.1 Å². The molecule has 0 bridgehead atoms. The highest BCUT2D eigenvalue weighted by Crippen LogP contribution is 2.28. The van der Waals surface area contributed by atoms with E-state index in [2.05, 4.69) is 5.32 Å². The standard InChI is InChI=1S/C25H24Cl2N4O4/c1-35-18-7-5-17(6-8-18)31-22(23(32)28-13-15-2-3-15)21-14-29(10-11-30(21)25(31)34)24(33)16-4-9-19(26)20(27)12-16/h4-9,12,15H,2-3,10-11,13-14H2,1H3,(H,28,32). The van der Waals surface area contributed by atoms with E-state index in [4.69, 9.17) is 27.9 Å². The summed E-state index contributed by atoms with van der Waals surface area (Å²) in [5, 5.41) is 3.63. The van der Waals surface area contributed by atoms with Crippen LogP contribution in [0.5, 0.6) is 5.75 Å². The number of nitrogens with one attached hydrogen (secondary N) is 1. The molecule has 2 heterocycles. The highest BCUT2D eigenvalue weighted by molar-refractivity contribution is 6.42. The third-order valence-electron chi connectivity index (χ3n) is 6.43. The van der Waals surface area contributed by atoms with Crippen LogP contribution in [0.1, 0.15) is 39.4 Å². The Morgan fingerprint density at radius 3 is 2.46 bits per heavy atom. The summed E-state index contributed by atoms with van der Waals surface area (Å²) in [7, 11) is 1.56. The summed E-state index contributed by atoms with van der Waals surface area (Å²) in [4.78, 5) is 41.7. The van der Waals surface area contributed by atoms with Crippen molar-refractivity contribution in [2.45, 2.75) is 25.9 Å². The number of amides is 2. The smallest absolute Gasteiger partial charge is 0.333 e. The van der Waals surface area contributed by atoms with Crippen LogP contribution in [0.25, 0.3) is 5.69 Å². The van der Waals surface area contributed by atoms with Crippen molar-refractivity contribution < 1.29 is 14.3 Å². The Balaban J connectivity index is 1.53. The molecule has 1 saturated carbocycles. The molecular weight excluding hydrogens is 491 g/mol. The number of rotatable bonds is 6. The molecule has 0 unspecified atom stereocenters. The lowest BCUT2D eigenvalue weighted by Gasteiger charge is -2.28. The molecule has 10 heteroatoms. The number of methoxy groups -OCH3 is 1. The minimum absolute atomic E-state index is 0.115. The Morgan fingerprint density at radius 2 is 1.80 bits per heavy atom. The zero-order valence-corrected chi connectivity index (χ0v) is 20.6. The molecule has 5 rings (SSSR count). The van der Waals surface area contributed by atoms with Gasteiger partial charge in [-0.25, -0.2) is 4.79 Å². The SMILES string of the molecule is COc1ccc(-n2c(C(=O)NCC3CC3)c3n(c2=O)CCN(C(=O)c2ccc(Cl)c(Cl)c2)C3)cc1. The van der Waals surface area contributed by atoms with Gasteiger partial charge in [-0.05, 0) is 61.2 Å². The van der Waals surface area contributed by atoms with E-state index >= 15 is 0 Å². The van der Waals surface area contributed by atoms with E-state index in [0.717, 1.165) is 12.8 Å². The van der Waals surface area contributed by atoms with Crippen molar-refractivity contribution in [1.82, 2.24) is 19.4 Å². The minimum atomic E-state index is -0.331. The van der Waals surface area contributed by atoms with Crippen molar-refractivity contribution in [1.29, 1.82) is 0 Å². The number of hydrogen-bond acceptors (Lipinski definition) is 4. The molecule has 1 aliphatic carbocycles. The largest absolute Gasteiger partial charge is 0.497 e.